The number of amides is 1. The van der Waals surface area contributed by atoms with E-state index in [9.17, 15) is 4.79 Å². The number of hydrogen-bond donors (Lipinski definition) is 2. The largest absolute Gasteiger partial charge is 0.494 e. The van der Waals surface area contributed by atoms with E-state index >= 15 is 0 Å². The highest BCUT2D eigenvalue weighted by Gasteiger charge is 2.26. The molecule has 1 aliphatic heterocycles. The summed E-state index contributed by atoms with van der Waals surface area (Å²) in [6.45, 7) is 6.06. The number of likely N-dealkylation sites (N-methyl/N-ethyl adjacent to an activating group) is 1. The van der Waals surface area contributed by atoms with Crippen LogP contribution in [0.5, 0.6) is 5.75 Å². The molecule has 136 valence electrons. The van der Waals surface area contributed by atoms with Crippen LogP contribution in [0.2, 0.25) is 0 Å². The third kappa shape index (κ3) is 2.97. The molecule has 2 aromatic heterocycles. The number of carbonyl (C=O) groups excluding carboxylic acids is 1. The number of piperazine rings is 1. The van der Waals surface area contributed by atoms with Crippen molar-refractivity contribution in [3.63, 3.8) is 0 Å². The van der Waals surface area contributed by atoms with E-state index in [-0.39, 0.29) is 5.91 Å². The number of nitrogens with one attached hydrogen (secondary N) is 1. The number of hydrogen-bond acceptors (Lipinski definition) is 5. The summed E-state index contributed by atoms with van der Waals surface area (Å²) in [5, 5.41) is 1.81. The first kappa shape index (κ1) is 17.1. The van der Waals surface area contributed by atoms with Crippen LogP contribution in [0.25, 0.3) is 21.1 Å². The normalized spacial score (nSPS) is 15.7. The van der Waals surface area contributed by atoms with Gasteiger partial charge in [-0.2, -0.15) is 0 Å². The third-order valence-electron chi connectivity index (χ3n) is 4.89. The molecule has 1 fully saturated rings. The molecule has 7 heteroatoms. The van der Waals surface area contributed by atoms with Crippen molar-refractivity contribution in [3.8, 4) is 5.75 Å². The van der Waals surface area contributed by atoms with Gasteiger partial charge in [0.1, 0.15) is 15.5 Å². The van der Waals surface area contributed by atoms with Crippen LogP contribution in [0.4, 0.5) is 5.69 Å². The van der Waals surface area contributed by atoms with Crippen LogP contribution >= 0.6 is 11.3 Å². The topological polar surface area (TPSA) is 72.9 Å². The highest BCUT2D eigenvalue weighted by atomic mass is 32.1. The Kier molecular flexibility index (Phi) is 4.42. The lowest BCUT2D eigenvalue weighted by atomic mass is 10.1. The molecule has 0 unspecified atom stereocenters. The number of anilines is 1. The molecular formula is C19H23N4O2S+. The van der Waals surface area contributed by atoms with Gasteiger partial charge in [-0.3, -0.25) is 4.79 Å². The Bertz CT molecular complexity index is 976. The van der Waals surface area contributed by atoms with Crippen LogP contribution in [0.3, 0.4) is 0 Å². The second kappa shape index (κ2) is 6.74. The van der Waals surface area contributed by atoms with E-state index < -0.39 is 0 Å². The van der Waals surface area contributed by atoms with Crippen LogP contribution < -0.4 is 15.4 Å². The average Bonchev–Trinajstić information content (AvgIpc) is 2.96. The zero-order chi connectivity index (χ0) is 18.3. The molecule has 26 heavy (non-hydrogen) atoms. The summed E-state index contributed by atoms with van der Waals surface area (Å²) in [5.41, 5.74) is 7.77. The van der Waals surface area contributed by atoms with Crippen LogP contribution in [-0.4, -0.2) is 55.6 Å². The Morgan fingerprint density at radius 3 is 2.85 bits per heavy atom. The van der Waals surface area contributed by atoms with Gasteiger partial charge in [-0.05, 0) is 31.2 Å². The molecule has 1 aliphatic rings. The highest BCUT2D eigenvalue weighted by molar-refractivity contribution is 7.21. The van der Waals surface area contributed by atoms with Gasteiger partial charge in [-0.25, -0.2) is 4.98 Å². The maximum absolute atomic E-state index is 12.9. The van der Waals surface area contributed by atoms with Crippen LogP contribution in [0.15, 0.2) is 24.3 Å². The summed E-state index contributed by atoms with van der Waals surface area (Å²) < 4.78 is 5.57. The molecule has 0 saturated carbocycles. The zero-order valence-electron chi connectivity index (χ0n) is 15.0. The first-order valence-corrected chi connectivity index (χ1v) is 9.74. The van der Waals surface area contributed by atoms with Crippen molar-refractivity contribution in [1.82, 2.24) is 9.88 Å². The fourth-order valence-electron chi connectivity index (χ4n) is 3.33. The predicted octanol–water partition coefficient (Wildman–Crippen LogP) is 1.40. The molecule has 0 bridgehead atoms. The van der Waals surface area contributed by atoms with Crippen molar-refractivity contribution in [1.29, 1.82) is 0 Å². The van der Waals surface area contributed by atoms with Gasteiger partial charge < -0.3 is 20.3 Å². The summed E-state index contributed by atoms with van der Waals surface area (Å²) in [6, 6.07) is 7.84. The number of benzene rings is 1. The van der Waals surface area contributed by atoms with Gasteiger partial charge in [0, 0.05) is 10.8 Å². The van der Waals surface area contributed by atoms with Crippen molar-refractivity contribution in [2.45, 2.75) is 6.92 Å². The van der Waals surface area contributed by atoms with Crippen LogP contribution in [0.1, 0.15) is 16.6 Å². The number of nitrogens with two attached hydrogens (primary N) is 1. The number of pyridine rings is 1. The van der Waals surface area contributed by atoms with Gasteiger partial charge in [-0.15, -0.1) is 11.3 Å². The monoisotopic (exact) mass is 371 g/mol. The molecule has 0 aliphatic carbocycles. The maximum atomic E-state index is 12.9. The lowest BCUT2D eigenvalue weighted by Gasteiger charge is -2.29. The number of ether oxygens (including phenoxy) is 1. The van der Waals surface area contributed by atoms with E-state index in [0.29, 0.717) is 17.2 Å². The van der Waals surface area contributed by atoms with Gasteiger partial charge in [0.2, 0.25) is 0 Å². The van der Waals surface area contributed by atoms with Gasteiger partial charge in [-0.1, -0.05) is 0 Å². The summed E-state index contributed by atoms with van der Waals surface area (Å²) in [4.78, 5) is 22.4. The molecule has 6 nitrogen and oxygen atoms in total. The van der Waals surface area contributed by atoms with Crippen molar-refractivity contribution in [2.24, 2.45) is 0 Å². The summed E-state index contributed by atoms with van der Waals surface area (Å²) in [5.74, 6) is 0.836. The summed E-state index contributed by atoms with van der Waals surface area (Å²) in [7, 11) is 2.15. The number of nitrogen functional groups attached to an aromatic ring is 1. The fourth-order valence-corrected chi connectivity index (χ4v) is 4.38. The molecule has 3 aromatic rings. The standard InChI is InChI=1S/C19H22N4O2S/c1-3-25-13-4-5-15-12(10-13)11-14-16(20)17(26-18(14)21-15)19(24)23-8-6-22(2)7-9-23/h4-5,10-11H,3,6-9,20H2,1-2H3/p+1. The number of rotatable bonds is 3. The molecule has 0 atom stereocenters. The lowest BCUT2D eigenvalue weighted by molar-refractivity contribution is -0.883. The quantitative estimate of drug-likeness (QED) is 0.730. The van der Waals surface area contributed by atoms with Crippen LogP contribution in [-0.2, 0) is 0 Å². The minimum Gasteiger partial charge on any atom is -0.494 e. The maximum Gasteiger partial charge on any atom is 0.266 e. The Morgan fingerprint density at radius 2 is 2.12 bits per heavy atom. The Morgan fingerprint density at radius 1 is 1.35 bits per heavy atom. The Labute approximate surface area is 156 Å². The molecular weight excluding hydrogens is 348 g/mol. The Balaban J connectivity index is 1.73. The van der Waals surface area contributed by atoms with E-state index in [1.54, 1.807) is 0 Å². The van der Waals surface area contributed by atoms with Gasteiger partial charge in [0.05, 0.1) is 51.0 Å². The Hall–Kier alpha value is -2.38. The number of nitrogens with zero attached hydrogens (tertiary/aromatic N) is 2. The zero-order valence-corrected chi connectivity index (χ0v) is 15.9. The smallest absolute Gasteiger partial charge is 0.266 e. The number of quaternary nitrogens is 1. The third-order valence-corrected chi connectivity index (χ3v) is 6.00. The first-order valence-electron chi connectivity index (χ1n) is 8.93. The molecule has 1 saturated heterocycles. The second-order valence-electron chi connectivity index (χ2n) is 6.72. The SMILES string of the molecule is CCOc1ccc2nc3sc(C(=O)N4CC[NH+](C)CC4)c(N)c3cc2c1. The second-order valence-corrected chi connectivity index (χ2v) is 7.72. The molecule has 3 N–H and O–H groups in total. The van der Waals surface area contributed by atoms with Crippen LogP contribution in [0, 0.1) is 0 Å². The number of carbonyl (C=O) groups is 1. The number of fused-ring (bicyclic) bond motifs is 2. The predicted molar refractivity (Wildman–Crippen MR) is 105 cm³/mol. The van der Waals surface area contributed by atoms with Crippen molar-refractivity contribution < 1.29 is 14.4 Å². The minimum atomic E-state index is 0.0251. The molecule has 0 spiro atoms. The average molecular weight is 371 g/mol. The number of thiophene rings is 1. The van der Waals surface area contributed by atoms with E-state index in [1.807, 2.05) is 36.1 Å². The summed E-state index contributed by atoms with van der Waals surface area (Å²) >= 11 is 1.39. The minimum absolute atomic E-state index is 0.0251. The van der Waals surface area contributed by atoms with Gasteiger partial charge in [0.15, 0.2) is 0 Å². The van der Waals surface area contributed by atoms with Crippen molar-refractivity contribution in [2.75, 3.05) is 45.6 Å². The van der Waals surface area contributed by atoms with E-state index in [0.717, 1.165) is 53.0 Å². The van der Waals surface area contributed by atoms with Crippen molar-refractivity contribution >= 4 is 44.1 Å². The molecule has 1 amide bonds. The molecule has 0 radical (unpaired) electrons. The lowest BCUT2D eigenvalue weighted by Crippen LogP contribution is -3.12. The van der Waals surface area contributed by atoms with E-state index in [1.165, 1.54) is 16.2 Å². The van der Waals surface area contributed by atoms with Gasteiger partial charge in [0.25, 0.3) is 5.91 Å². The van der Waals surface area contributed by atoms with E-state index in [4.69, 9.17) is 15.5 Å². The molecule has 4 rings (SSSR count). The first-order chi connectivity index (χ1) is 12.6. The molecule has 1 aromatic carbocycles. The highest BCUT2D eigenvalue weighted by Crippen LogP contribution is 2.36. The summed E-state index contributed by atoms with van der Waals surface area (Å²) in [6.07, 6.45) is 0. The van der Waals surface area contributed by atoms with Crippen molar-refractivity contribution in [3.05, 3.63) is 29.1 Å². The van der Waals surface area contributed by atoms with E-state index in [2.05, 4.69) is 7.05 Å². The fraction of sp³-hybridized carbons (Fsp3) is 0.368. The number of aromatic nitrogens is 1. The van der Waals surface area contributed by atoms with Gasteiger partial charge >= 0.3 is 0 Å². The molecule has 3 heterocycles.